The molecule has 0 atom stereocenters. The first-order valence-corrected chi connectivity index (χ1v) is 6.64. The molecule has 0 amide bonds. The van der Waals surface area contributed by atoms with Crippen molar-refractivity contribution in [3.05, 3.63) is 41.1 Å². The standard InChI is InChI=1S/C14H17N5O/c1-10-6-15-13(16-7-10)9-19-4-3-12-11(8-19)5-14(20-2)18-17-12/h5-7H,3-4,8-9H2,1-2H3. The van der Waals surface area contributed by atoms with Gasteiger partial charge in [-0.2, -0.15) is 5.10 Å². The van der Waals surface area contributed by atoms with E-state index >= 15 is 0 Å². The van der Waals surface area contributed by atoms with Crippen molar-refractivity contribution in [2.45, 2.75) is 26.4 Å². The minimum atomic E-state index is 0.567. The summed E-state index contributed by atoms with van der Waals surface area (Å²) in [5.74, 6) is 1.42. The van der Waals surface area contributed by atoms with Crippen molar-refractivity contribution in [3.63, 3.8) is 0 Å². The molecule has 0 saturated carbocycles. The monoisotopic (exact) mass is 271 g/mol. The SMILES string of the molecule is COc1cc2c(nn1)CCN(Cc1ncc(C)cn1)C2. The maximum absolute atomic E-state index is 5.13. The lowest BCUT2D eigenvalue weighted by Crippen LogP contribution is -2.31. The van der Waals surface area contributed by atoms with Gasteiger partial charge in [0.25, 0.3) is 0 Å². The lowest BCUT2D eigenvalue weighted by Gasteiger charge is -2.27. The summed E-state index contributed by atoms with van der Waals surface area (Å²) in [6.45, 7) is 4.53. The highest BCUT2D eigenvalue weighted by atomic mass is 16.5. The zero-order chi connectivity index (χ0) is 13.9. The second-order valence-electron chi connectivity index (χ2n) is 5.00. The summed E-state index contributed by atoms with van der Waals surface area (Å²) in [5, 5.41) is 8.22. The molecule has 0 aromatic carbocycles. The second kappa shape index (κ2) is 5.50. The highest BCUT2D eigenvalue weighted by Gasteiger charge is 2.19. The fraction of sp³-hybridized carbons (Fsp3) is 0.429. The van der Waals surface area contributed by atoms with Crippen LogP contribution in [-0.4, -0.2) is 38.7 Å². The van der Waals surface area contributed by atoms with Gasteiger partial charge in [0.1, 0.15) is 5.82 Å². The molecule has 0 spiro atoms. The van der Waals surface area contributed by atoms with Crippen molar-refractivity contribution in [3.8, 4) is 5.88 Å². The molecular weight excluding hydrogens is 254 g/mol. The van der Waals surface area contributed by atoms with Gasteiger partial charge in [0.05, 0.1) is 19.3 Å². The maximum atomic E-state index is 5.13. The Hall–Kier alpha value is -2.08. The number of hydrogen-bond acceptors (Lipinski definition) is 6. The molecule has 0 bridgehead atoms. The Labute approximate surface area is 117 Å². The van der Waals surface area contributed by atoms with Crippen LogP contribution in [-0.2, 0) is 19.5 Å². The Kier molecular flexibility index (Phi) is 3.56. The van der Waals surface area contributed by atoms with Crippen LogP contribution in [0.4, 0.5) is 0 Å². The molecule has 3 rings (SSSR count). The molecule has 3 heterocycles. The van der Waals surface area contributed by atoms with E-state index in [2.05, 4.69) is 25.1 Å². The van der Waals surface area contributed by atoms with Crippen molar-refractivity contribution in [2.75, 3.05) is 13.7 Å². The minimum absolute atomic E-state index is 0.567. The van der Waals surface area contributed by atoms with E-state index in [1.807, 2.05) is 25.4 Å². The van der Waals surface area contributed by atoms with Crippen molar-refractivity contribution in [2.24, 2.45) is 0 Å². The zero-order valence-corrected chi connectivity index (χ0v) is 11.7. The number of hydrogen-bond donors (Lipinski definition) is 0. The van der Waals surface area contributed by atoms with Crippen LogP contribution in [0.25, 0.3) is 0 Å². The minimum Gasteiger partial charge on any atom is -0.480 e. The highest BCUT2D eigenvalue weighted by Crippen LogP contribution is 2.20. The molecular formula is C14H17N5O. The van der Waals surface area contributed by atoms with Crippen molar-refractivity contribution >= 4 is 0 Å². The smallest absolute Gasteiger partial charge is 0.233 e. The molecule has 0 radical (unpaired) electrons. The largest absolute Gasteiger partial charge is 0.480 e. The first-order valence-electron chi connectivity index (χ1n) is 6.64. The van der Waals surface area contributed by atoms with Gasteiger partial charge in [-0.3, -0.25) is 4.90 Å². The molecule has 6 heteroatoms. The first-order chi connectivity index (χ1) is 9.74. The average Bonchev–Trinajstić information content (AvgIpc) is 2.49. The van der Waals surface area contributed by atoms with Gasteiger partial charge >= 0.3 is 0 Å². The Morgan fingerprint density at radius 2 is 2.05 bits per heavy atom. The van der Waals surface area contributed by atoms with Crippen LogP contribution in [0.5, 0.6) is 5.88 Å². The molecule has 1 aliphatic rings. The summed E-state index contributed by atoms with van der Waals surface area (Å²) in [6, 6.07) is 1.96. The fourth-order valence-electron chi connectivity index (χ4n) is 2.30. The number of aryl methyl sites for hydroxylation is 1. The van der Waals surface area contributed by atoms with Crippen LogP contribution in [0, 0.1) is 6.92 Å². The molecule has 0 fully saturated rings. The van der Waals surface area contributed by atoms with Crippen molar-refractivity contribution < 1.29 is 4.74 Å². The Morgan fingerprint density at radius 3 is 2.80 bits per heavy atom. The van der Waals surface area contributed by atoms with Gasteiger partial charge in [-0.15, -0.1) is 5.10 Å². The lowest BCUT2D eigenvalue weighted by molar-refractivity contribution is 0.235. The molecule has 0 saturated heterocycles. The van der Waals surface area contributed by atoms with E-state index in [0.717, 1.165) is 43.1 Å². The summed E-state index contributed by atoms with van der Waals surface area (Å²) < 4.78 is 5.13. The predicted molar refractivity (Wildman–Crippen MR) is 73.2 cm³/mol. The van der Waals surface area contributed by atoms with Crippen LogP contribution in [0.3, 0.4) is 0 Å². The van der Waals surface area contributed by atoms with Crippen molar-refractivity contribution in [1.82, 2.24) is 25.1 Å². The highest BCUT2D eigenvalue weighted by molar-refractivity contribution is 5.26. The topological polar surface area (TPSA) is 64.0 Å². The summed E-state index contributed by atoms with van der Waals surface area (Å²) in [4.78, 5) is 11.0. The number of fused-ring (bicyclic) bond motifs is 1. The number of ether oxygens (including phenoxy) is 1. The molecule has 0 aliphatic carbocycles. The van der Waals surface area contributed by atoms with Gasteiger partial charge in [0.2, 0.25) is 5.88 Å². The van der Waals surface area contributed by atoms with E-state index in [9.17, 15) is 0 Å². The second-order valence-corrected chi connectivity index (χ2v) is 5.00. The number of nitrogens with zero attached hydrogens (tertiary/aromatic N) is 5. The van der Waals surface area contributed by atoms with Gasteiger partial charge in [0, 0.05) is 38.0 Å². The molecule has 2 aromatic heterocycles. The fourth-order valence-corrected chi connectivity index (χ4v) is 2.30. The van der Waals surface area contributed by atoms with Crippen molar-refractivity contribution in [1.29, 1.82) is 0 Å². The molecule has 6 nitrogen and oxygen atoms in total. The summed E-state index contributed by atoms with van der Waals surface area (Å²) in [7, 11) is 1.61. The molecule has 0 N–H and O–H groups in total. The van der Waals surface area contributed by atoms with Gasteiger partial charge in [0.15, 0.2) is 0 Å². The summed E-state index contributed by atoms with van der Waals surface area (Å²) >= 11 is 0. The molecule has 1 aliphatic heterocycles. The number of aromatic nitrogens is 4. The quantitative estimate of drug-likeness (QED) is 0.834. The number of rotatable bonds is 3. The molecule has 0 unspecified atom stereocenters. The molecule has 20 heavy (non-hydrogen) atoms. The Morgan fingerprint density at radius 1 is 1.25 bits per heavy atom. The van der Waals surface area contributed by atoms with Gasteiger partial charge in [-0.1, -0.05) is 0 Å². The Balaban J connectivity index is 1.73. The van der Waals surface area contributed by atoms with Crippen LogP contribution in [0.15, 0.2) is 18.5 Å². The Bertz CT molecular complexity index is 599. The van der Waals surface area contributed by atoms with E-state index < -0.39 is 0 Å². The van der Waals surface area contributed by atoms with E-state index in [-0.39, 0.29) is 0 Å². The normalized spacial score (nSPS) is 14.9. The van der Waals surface area contributed by atoms with Crippen LogP contribution in [0.1, 0.15) is 22.6 Å². The molecule has 104 valence electrons. The number of methoxy groups -OCH3 is 1. The van der Waals surface area contributed by atoms with E-state index in [1.54, 1.807) is 7.11 Å². The average molecular weight is 271 g/mol. The van der Waals surface area contributed by atoms with Crippen LogP contribution in [0.2, 0.25) is 0 Å². The first kappa shape index (κ1) is 12.9. The van der Waals surface area contributed by atoms with Gasteiger partial charge in [-0.05, 0) is 18.1 Å². The summed E-state index contributed by atoms with van der Waals surface area (Å²) in [6.07, 6.45) is 4.61. The van der Waals surface area contributed by atoms with E-state index in [4.69, 9.17) is 4.74 Å². The zero-order valence-electron chi connectivity index (χ0n) is 11.7. The molecule has 2 aromatic rings. The van der Waals surface area contributed by atoms with Crippen LogP contribution >= 0.6 is 0 Å². The van der Waals surface area contributed by atoms with Crippen LogP contribution < -0.4 is 4.74 Å². The third-order valence-corrected chi connectivity index (χ3v) is 3.41. The lowest BCUT2D eigenvalue weighted by atomic mass is 10.1. The third-order valence-electron chi connectivity index (χ3n) is 3.41. The van der Waals surface area contributed by atoms with Gasteiger partial charge in [-0.25, -0.2) is 9.97 Å². The maximum Gasteiger partial charge on any atom is 0.233 e. The summed E-state index contributed by atoms with van der Waals surface area (Å²) in [5.41, 5.74) is 3.32. The van der Waals surface area contributed by atoms with E-state index in [1.165, 1.54) is 5.56 Å². The predicted octanol–water partition coefficient (Wildman–Crippen LogP) is 1.14. The van der Waals surface area contributed by atoms with Gasteiger partial charge < -0.3 is 4.74 Å². The van der Waals surface area contributed by atoms with E-state index in [0.29, 0.717) is 5.88 Å². The third kappa shape index (κ3) is 2.75.